The molecule has 3 aromatic rings. The lowest BCUT2D eigenvalue weighted by molar-refractivity contribution is -0.130. The lowest BCUT2D eigenvalue weighted by Gasteiger charge is -2.46. The van der Waals surface area contributed by atoms with Crippen LogP contribution in [0.25, 0.3) is 10.8 Å². The largest absolute Gasteiger partial charge is 0.380 e. The molecule has 1 aliphatic rings. The fourth-order valence-corrected chi connectivity index (χ4v) is 4.97. The number of aromatic amines is 1. The first-order valence-corrected chi connectivity index (χ1v) is 10.5. The van der Waals surface area contributed by atoms with E-state index in [2.05, 4.69) is 71.5 Å². The Balaban J connectivity index is 1.47. The van der Waals surface area contributed by atoms with Gasteiger partial charge in [-0.25, -0.2) is 4.98 Å². The van der Waals surface area contributed by atoms with Gasteiger partial charge in [0.25, 0.3) is 0 Å². The summed E-state index contributed by atoms with van der Waals surface area (Å²) in [5, 5.41) is 9.62. The summed E-state index contributed by atoms with van der Waals surface area (Å²) >= 11 is 0. The molecule has 1 N–H and O–H groups in total. The number of nitrogens with one attached hydrogen (secondary N) is 1. The standard InChI is InChI=1S/C24H31N3O2/c1-24(2)13-11-21(20(23(24)28-3)15-22-25-16-26-27-22)29-14-12-18-9-6-8-17-7-4-5-10-19(17)18/h4-10,16,20-21,23H,11-15H2,1-3H3,(H,25,26,27). The number of H-pyrrole nitrogens is 1. The second-order valence-corrected chi connectivity index (χ2v) is 8.78. The van der Waals surface area contributed by atoms with Gasteiger partial charge in [0.1, 0.15) is 12.2 Å². The molecule has 0 saturated heterocycles. The summed E-state index contributed by atoms with van der Waals surface area (Å²) in [4.78, 5) is 4.35. The molecule has 2 aromatic carbocycles. The monoisotopic (exact) mass is 393 g/mol. The van der Waals surface area contributed by atoms with Crippen molar-refractivity contribution < 1.29 is 9.47 Å². The first kappa shape index (κ1) is 20.0. The van der Waals surface area contributed by atoms with Gasteiger partial charge in [0.2, 0.25) is 0 Å². The van der Waals surface area contributed by atoms with E-state index in [4.69, 9.17) is 9.47 Å². The molecule has 0 aliphatic heterocycles. The van der Waals surface area contributed by atoms with Gasteiger partial charge < -0.3 is 9.47 Å². The molecule has 29 heavy (non-hydrogen) atoms. The van der Waals surface area contributed by atoms with Crippen LogP contribution in [0.2, 0.25) is 0 Å². The van der Waals surface area contributed by atoms with E-state index in [-0.39, 0.29) is 23.5 Å². The zero-order chi connectivity index (χ0) is 20.3. The molecule has 1 heterocycles. The number of nitrogens with zero attached hydrogens (tertiary/aromatic N) is 2. The maximum atomic E-state index is 6.48. The highest BCUT2D eigenvalue weighted by molar-refractivity contribution is 5.85. The molecule has 1 aliphatic carbocycles. The lowest BCUT2D eigenvalue weighted by Crippen LogP contribution is -2.49. The Morgan fingerprint density at radius 3 is 2.76 bits per heavy atom. The molecule has 1 fully saturated rings. The summed E-state index contributed by atoms with van der Waals surface area (Å²) in [6, 6.07) is 15.1. The molecule has 0 amide bonds. The van der Waals surface area contributed by atoms with Crippen molar-refractivity contribution in [2.45, 2.75) is 51.7 Å². The molecule has 1 saturated carbocycles. The van der Waals surface area contributed by atoms with Crippen LogP contribution in [-0.2, 0) is 22.3 Å². The second kappa shape index (κ2) is 8.64. The van der Waals surface area contributed by atoms with E-state index in [1.807, 2.05) is 7.11 Å². The van der Waals surface area contributed by atoms with Gasteiger partial charge in [-0.15, -0.1) is 0 Å². The van der Waals surface area contributed by atoms with E-state index in [0.29, 0.717) is 6.61 Å². The minimum absolute atomic E-state index is 0.120. The van der Waals surface area contributed by atoms with Crippen LogP contribution in [0.3, 0.4) is 0 Å². The predicted octanol–water partition coefficient (Wildman–Crippen LogP) is 4.58. The number of ether oxygens (including phenoxy) is 2. The molecule has 1 aromatic heterocycles. The van der Waals surface area contributed by atoms with Gasteiger partial charge in [0, 0.05) is 19.4 Å². The Kier molecular flexibility index (Phi) is 5.97. The van der Waals surface area contributed by atoms with Crippen LogP contribution in [0.5, 0.6) is 0 Å². The molecular formula is C24H31N3O2. The van der Waals surface area contributed by atoms with E-state index >= 15 is 0 Å². The molecule has 5 nitrogen and oxygen atoms in total. The Bertz CT molecular complexity index is 918. The van der Waals surface area contributed by atoms with E-state index in [1.54, 1.807) is 6.33 Å². The predicted molar refractivity (Wildman–Crippen MR) is 115 cm³/mol. The van der Waals surface area contributed by atoms with E-state index in [0.717, 1.165) is 31.5 Å². The van der Waals surface area contributed by atoms with Crippen LogP contribution in [0.1, 0.15) is 38.1 Å². The van der Waals surface area contributed by atoms with Crippen molar-refractivity contribution in [1.82, 2.24) is 15.2 Å². The van der Waals surface area contributed by atoms with Gasteiger partial charge >= 0.3 is 0 Å². The van der Waals surface area contributed by atoms with Crippen LogP contribution in [-0.4, -0.2) is 41.1 Å². The second-order valence-electron chi connectivity index (χ2n) is 8.78. The number of hydrogen-bond donors (Lipinski definition) is 1. The normalized spacial score (nSPS) is 24.0. The average Bonchev–Trinajstić information content (AvgIpc) is 3.23. The molecule has 5 heteroatoms. The van der Waals surface area contributed by atoms with Crippen LogP contribution >= 0.6 is 0 Å². The van der Waals surface area contributed by atoms with Gasteiger partial charge in [-0.1, -0.05) is 56.3 Å². The van der Waals surface area contributed by atoms with Crippen LogP contribution in [0.15, 0.2) is 48.8 Å². The number of aromatic nitrogens is 3. The van der Waals surface area contributed by atoms with E-state index in [9.17, 15) is 0 Å². The smallest absolute Gasteiger partial charge is 0.137 e. The maximum absolute atomic E-state index is 6.48. The molecule has 3 atom stereocenters. The quantitative estimate of drug-likeness (QED) is 0.638. The highest BCUT2D eigenvalue weighted by Gasteiger charge is 2.45. The van der Waals surface area contributed by atoms with Crippen molar-refractivity contribution >= 4 is 10.8 Å². The fraction of sp³-hybridized carbons (Fsp3) is 0.500. The molecule has 0 radical (unpaired) electrons. The zero-order valence-electron chi connectivity index (χ0n) is 17.6. The van der Waals surface area contributed by atoms with Crippen LogP contribution in [0.4, 0.5) is 0 Å². The molecule has 4 rings (SSSR count). The van der Waals surface area contributed by atoms with Crippen molar-refractivity contribution in [2.75, 3.05) is 13.7 Å². The topological polar surface area (TPSA) is 60.0 Å². The number of benzene rings is 2. The molecule has 154 valence electrons. The summed E-state index contributed by atoms with van der Waals surface area (Å²) in [6.45, 7) is 5.30. The lowest BCUT2D eigenvalue weighted by atomic mass is 9.67. The van der Waals surface area contributed by atoms with Crippen molar-refractivity contribution in [1.29, 1.82) is 0 Å². The molecule has 3 unspecified atom stereocenters. The van der Waals surface area contributed by atoms with Crippen molar-refractivity contribution in [3.63, 3.8) is 0 Å². The number of rotatable bonds is 7. The molecule has 0 spiro atoms. The molecule has 0 bridgehead atoms. The van der Waals surface area contributed by atoms with Crippen molar-refractivity contribution in [3.8, 4) is 0 Å². The summed E-state index contributed by atoms with van der Waals surface area (Å²) in [5.41, 5.74) is 1.46. The highest BCUT2D eigenvalue weighted by atomic mass is 16.5. The SMILES string of the molecule is COC1C(Cc2ncn[nH]2)C(OCCc2cccc3ccccc23)CCC1(C)C. The third-order valence-electron chi connectivity index (χ3n) is 6.44. The number of methoxy groups -OCH3 is 1. The highest BCUT2D eigenvalue weighted by Crippen LogP contribution is 2.43. The van der Waals surface area contributed by atoms with Gasteiger partial charge in [0.05, 0.1) is 18.8 Å². The average molecular weight is 394 g/mol. The zero-order valence-corrected chi connectivity index (χ0v) is 17.6. The van der Waals surface area contributed by atoms with Gasteiger partial charge in [-0.3, -0.25) is 5.10 Å². The summed E-state index contributed by atoms with van der Waals surface area (Å²) in [6.07, 6.45) is 5.70. The Labute approximate surface area is 172 Å². The Morgan fingerprint density at radius 2 is 1.97 bits per heavy atom. The number of fused-ring (bicyclic) bond motifs is 1. The first-order valence-electron chi connectivity index (χ1n) is 10.5. The van der Waals surface area contributed by atoms with Gasteiger partial charge in [-0.2, -0.15) is 5.10 Å². The Hall–Kier alpha value is -2.24. The summed E-state index contributed by atoms with van der Waals surface area (Å²) < 4.78 is 12.5. The van der Waals surface area contributed by atoms with Crippen molar-refractivity contribution in [2.24, 2.45) is 11.3 Å². The van der Waals surface area contributed by atoms with E-state index in [1.165, 1.54) is 16.3 Å². The van der Waals surface area contributed by atoms with Crippen molar-refractivity contribution in [3.05, 3.63) is 60.2 Å². The summed E-state index contributed by atoms with van der Waals surface area (Å²) in [5.74, 6) is 1.15. The minimum Gasteiger partial charge on any atom is -0.380 e. The Morgan fingerprint density at radius 1 is 1.14 bits per heavy atom. The van der Waals surface area contributed by atoms with Crippen LogP contribution in [0, 0.1) is 11.3 Å². The third-order valence-corrected chi connectivity index (χ3v) is 6.44. The minimum atomic E-state index is 0.120. The fourth-order valence-electron chi connectivity index (χ4n) is 4.97. The molecular weight excluding hydrogens is 362 g/mol. The van der Waals surface area contributed by atoms with E-state index < -0.39 is 0 Å². The maximum Gasteiger partial charge on any atom is 0.137 e. The number of hydrogen-bond acceptors (Lipinski definition) is 4. The third kappa shape index (κ3) is 4.36. The van der Waals surface area contributed by atoms with Crippen LogP contribution < -0.4 is 0 Å². The van der Waals surface area contributed by atoms with Gasteiger partial charge in [-0.05, 0) is 41.0 Å². The first-order chi connectivity index (χ1) is 14.1. The summed E-state index contributed by atoms with van der Waals surface area (Å²) in [7, 11) is 1.82. The van der Waals surface area contributed by atoms with Gasteiger partial charge in [0.15, 0.2) is 0 Å².